The molecule has 0 saturated carbocycles. The van der Waals surface area contributed by atoms with Crippen LogP contribution >= 0.6 is 0 Å². The fraction of sp³-hybridized carbons (Fsp3) is 0.364. The Morgan fingerprint density at radius 1 is 1.29 bits per heavy atom. The molecule has 1 heterocycles. The van der Waals surface area contributed by atoms with E-state index in [0.29, 0.717) is 0 Å². The van der Waals surface area contributed by atoms with Gasteiger partial charge in [0.1, 0.15) is 0 Å². The standard InChI is InChI=1S/C11H15N3/c1-7-5-9-8(2)13-14(4)11(9)6-10(7)12-3/h5-6,12H,1-4H3. The Morgan fingerprint density at radius 3 is 2.64 bits per heavy atom. The third kappa shape index (κ3) is 1.16. The first-order valence-corrected chi connectivity index (χ1v) is 4.75. The summed E-state index contributed by atoms with van der Waals surface area (Å²) in [4.78, 5) is 0. The molecule has 3 nitrogen and oxygen atoms in total. The smallest absolute Gasteiger partial charge is 0.0702 e. The second-order valence-electron chi connectivity index (χ2n) is 3.64. The van der Waals surface area contributed by atoms with Crippen LogP contribution < -0.4 is 5.32 Å². The number of hydrogen-bond acceptors (Lipinski definition) is 2. The van der Waals surface area contributed by atoms with E-state index in [0.717, 1.165) is 5.69 Å². The van der Waals surface area contributed by atoms with Crippen LogP contribution in [-0.2, 0) is 7.05 Å². The Hall–Kier alpha value is -1.51. The van der Waals surface area contributed by atoms with Crippen LogP contribution in [0.25, 0.3) is 10.9 Å². The van der Waals surface area contributed by atoms with Gasteiger partial charge in [-0.3, -0.25) is 4.68 Å². The maximum atomic E-state index is 4.40. The van der Waals surface area contributed by atoms with Crippen molar-refractivity contribution in [3.05, 3.63) is 23.4 Å². The van der Waals surface area contributed by atoms with Gasteiger partial charge in [-0.1, -0.05) is 0 Å². The molecule has 0 aliphatic carbocycles. The van der Waals surface area contributed by atoms with Gasteiger partial charge in [-0.2, -0.15) is 5.10 Å². The highest BCUT2D eigenvalue weighted by Gasteiger charge is 2.07. The van der Waals surface area contributed by atoms with E-state index in [1.54, 1.807) is 0 Å². The summed E-state index contributed by atoms with van der Waals surface area (Å²) >= 11 is 0. The molecule has 14 heavy (non-hydrogen) atoms. The molecule has 1 N–H and O–H groups in total. The molecule has 0 amide bonds. The summed E-state index contributed by atoms with van der Waals surface area (Å²) in [5.74, 6) is 0. The zero-order chi connectivity index (χ0) is 10.3. The SMILES string of the molecule is CNc1cc2c(cc1C)c(C)nn2C. The number of nitrogens with one attached hydrogen (secondary N) is 1. The first-order chi connectivity index (χ1) is 6.63. The lowest BCUT2D eigenvalue weighted by atomic mass is 10.1. The lowest BCUT2D eigenvalue weighted by Crippen LogP contribution is -1.93. The van der Waals surface area contributed by atoms with E-state index < -0.39 is 0 Å². The molecule has 74 valence electrons. The summed E-state index contributed by atoms with van der Waals surface area (Å²) in [6, 6.07) is 4.33. The van der Waals surface area contributed by atoms with Crippen LogP contribution in [-0.4, -0.2) is 16.8 Å². The van der Waals surface area contributed by atoms with Crippen molar-refractivity contribution in [2.75, 3.05) is 12.4 Å². The highest BCUT2D eigenvalue weighted by Crippen LogP contribution is 2.24. The summed E-state index contributed by atoms with van der Waals surface area (Å²) in [6.45, 7) is 4.15. The van der Waals surface area contributed by atoms with E-state index in [9.17, 15) is 0 Å². The predicted octanol–water partition coefficient (Wildman–Crippen LogP) is 2.23. The van der Waals surface area contributed by atoms with Crippen molar-refractivity contribution in [1.29, 1.82) is 0 Å². The van der Waals surface area contributed by atoms with Gasteiger partial charge < -0.3 is 5.32 Å². The number of hydrogen-bond donors (Lipinski definition) is 1. The second-order valence-corrected chi connectivity index (χ2v) is 3.64. The number of anilines is 1. The molecule has 0 spiro atoms. The summed E-state index contributed by atoms with van der Waals surface area (Å²) in [5.41, 5.74) is 4.70. The maximum absolute atomic E-state index is 4.40. The Bertz CT molecular complexity index is 483. The predicted molar refractivity (Wildman–Crippen MR) is 59.7 cm³/mol. The van der Waals surface area contributed by atoms with Crippen molar-refractivity contribution >= 4 is 16.6 Å². The molecule has 0 aliphatic rings. The number of nitrogens with zero attached hydrogens (tertiary/aromatic N) is 2. The van der Waals surface area contributed by atoms with Crippen LogP contribution in [0.15, 0.2) is 12.1 Å². The van der Waals surface area contributed by atoms with E-state index >= 15 is 0 Å². The largest absolute Gasteiger partial charge is 0.388 e. The number of benzene rings is 1. The van der Waals surface area contributed by atoms with Crippen molar-refractivity contribution in [2.45, 2.75) is 13.8 Å². The summed E-state index contributed by atoms with van der Waals surface area (Å²) in [7, 11) is 3.92. The van der Waals surface area contributed by atoms with Gasteiger partial charge in [-0.25, -0.2) is 0 Å². The lowest BCUT2D eigenvalue weighted by Gasteiger charge is -2.05. The van der Waals surface area contributed by atoms with Gasteiger partial charge in [-0.15, -0.1) is 0 Å². The molecule has 0 atom stereocenters. The molecule has 0 saturated heterocycles. The molecule has 2 aromatic rings. The van der Waals surface area contributed by atoms with Crippen molar-refractivity contribution in [1.82, 2.24) is 9.78 Å². The van der Waals surface area contributed by atoms with E-state index in [4.69, 9.17) is 0 Å². The van der Waals surface area contributed by atoms with E-state index in [1.807, 2.05) is 25.7 Å². The van der Waals surface area contributed by atoms with Gasteiger partial charge in [0.25, 0.3) is 0 Å². The molecular weight excluding hydrogens is 174 g/mol. The molecule has 0 fully saturated rings. The minimum atomic E-state index is 1.09. The number of rotatable bonds is 1. The number of fused-ring (bicyclic) bond motifs is 1. The minimum absolute atomic E-state index is 1.09. The first-order valence-electron chi connectivity index (χ1n) is 4.75. The Labute approximate surface area is 83.7 Å². The molecule has 0 radical (unpaired) electrons. The van der Waals surface area contributed by atoms with Crippen LogP contribution in [0.3, 0.4) is 0 Å². The third-order valence-corrected chi connectivity index (χ3v) is 2.65. The van der Waals surface area contributed by atoms with Crippen LogP contribution in [0.2, 0.25) is 0 Å². The van der Waals surface area contributed by atoms with Gasteiger partial charge in [0, 0.05) is 25.2 Å². The van der Waals surface area contributed by atoms with E-state index in [-0.39, 0.29) is 0 Å². The number of aromatic nitrogens is 2. The van der Waals surface area contributed by atoms with E-state index in [1.165, 1.54) is 22.2 Å². The molecule has 0 unspecified atom stereocenters. The summed E-state index contributed by atoms with van der Waals surface area (Å²) in [6.07, 6.45) is 0. The molecule has 0 bridgehead atoms. The van der Waals surface area contributed by atoms with Crippen molar-refractivity contribution < 1.29 is 0 Å². The van der Waals surface area contributed by atoms with Gasteiger partial charge >= 0.3 is 0 Å². The summed E-state index contributed by atoms with van der Waals surface area (Å²) in [5, 5.41) is 8.82. The molecule has 1 aromatic carbocycles. The number of aryl methyl sites for hydroxylation is 3. The second kappa shape index (κ2) is 3.01. The quantitative estimate of drug-likeness (QED) is 0.745. The van der Waals surface area contributed by atoms with Crippen molar-refractivity contribution in [2.24, 2.45) is 7.05 Å². The topological polar surface area (TPSA) is 29.9 Å². The minimum Gasteiger partial charge on any atom is -0.388 e. The van der Waals surface area contributed by atoms with Crippen LogP contribution in [0.5, 0.6) is 0 Å². The van der Waals surface area contributed by atoms with Crippen molar-refractivity contribution in [3.63, 3.8) is 0 Å². The van der Waals surface area contributed by atoms with E-state index in [2.05, 4.69) is 29.5 Å². The normalized spacial score (nSPS) is 10.9. The Morgan fingerprint density at radius 2 is 2.00 bits per heavy atom. The highest BCUT2D eigenvalue weighted by atomic mass is 15.3. The van der Waals surface area contributed by atoms with Gasteiger partial charge in [0.05, 0.1) is 11.2 Å². The van der Waals surface area contributed by atoms with Gasteiger partial charge in [-0.05, 0) is 31.5 Å². The fourth-order valence-electron chi connectivity index (χ4n) is 1.86. The average Bonchev–Trinajstić information content (AvgIpc) is 2.41. The van der Waals surface area contributed by atoms with Crippen LogP contribution in [0, 0.1) is 13.8 Å². The molecule has 2 rings (SSSR count). The molecular formula is C11H15N3. The Kier molecular flexibility index (Phi) is 1.95. The average molecular weight is 189 g/mol. The molecule has 3 heteroatoms. The summed E-state index contributed by atoms with van der Waals surface area (Å²) < 4.78 is 1.92. The lowest BCUT2D eigenvalue weighted by molar-refractivity contribution is 0.783. The maximum Gasteiger partial charge on any atom is 0.0702 e. The fourth-order valence-corrected chi connectivity index (χ4v) is 1.86. The van der Waals surface area contributed by atoms with Gasteiger partial charge in [0.2, 0.25) is 0 Å². The molecule has 1 aromatic heterocycles. The first kappa shape index (κ1) is 9.06. The van der Waals surface area contributed by atoms with Crippen molar-refractivity contribution in [3.8, 4) is 0 Å². The molecule has 0 aliphatic heterocycles. The Balaban J connectivity index is 2.82. The van der Waals surface area contributed by atoms with Crippen LogP contribution in [0.4, 0.5) is 5.69 Å². The van der Waals surface area contributed by atoms with Crippen LogP contribution in [0.1, 0.15) is 11.3 Å². The zero-order valence-electron chi connectivity index (χ0n) is 9.05. The highest BCUT2D eigenvalue weighted by molar-refractivity contribution is 5.86. The van der Waals surface area contributed by atoms with Gasteiger partial charge in [0.15, 0.2) is 0 Å². The zero-order valence-corrected chi connectivity index (χ0v) is 9.05. The third-order valence-electron chi connectivity index (χ3n) is 2.65. The monoisotopic (exact) mass is 189 g/mol.